The number of morpholine rings is 1. The van der Waals surface area contributed by atoms with E-state index < -0.39 is 5.97 Å². The molecule has 14 heavy (non-hydrogen) atoms. The predicted molar refractivity (Wildman–Crippen MR) is 47.9 cm³/mol. The minimum Gasteiger partial charge on any atom is -0.480 e. The third-order valence-electron chi connectivity index (χ3n) is 1.85. The van der Waals surface area contributed by atoms with Crippen LogP contribution >= 0.6 is 0 Å². The SMILES string of the molecule is O=C(O)CNC(=O)CC1CNCCO1. The summed E-state index contributed by atoms with van der Waals surface area (Å²) in [6.45, 7) is 1.70. The molecule has 1 aliphatic rings. The van der Waals surface area contributed by atoms with Gasteiger partial charge in [-0.1, -0.05) is 0 Å². The van der Waals surface area contributed by atoms with Gasteiger partial charge in [0.25, 0.3) is 0 Å². The predicted octanol–water partition coefficient (Wildman–Crippen LogP) is -1.43. The van der Waals surface area contributed by atoms with Crippen molar-refractivity contribution in [3.05, 3.63) is 0 Å². The Morgan fingerprint density at radius 2 is 2.36 bits per heavy atom. The molecule has 0 saturated carbocycles. The van der Waals surface area contributed by atoms with Crippen molar-refractivity contribution in [1.29, 1.82) is 0 Å². The summed E-state index contributed by atoms with van der Waals surface area (Å²) in [6, 6.07) is 0. The average molecular weight is 202 g/mol. The smallest absolute Gasteiger partial charge is 0.322 e. The topological polar surface area (TPSA) is 87.7 Å². The van der Waals surface area contributed by atoms with Gasteiger partial charge < -0.3 is 20.5 Å². The highest BCUT2D eigenvalue weighted by Crippen LogP contribution is 2.00. The Morgan fingerprint density at radius 3 is 2.93 bits per heavy atom. The molecule has 80 valence electrons. The summed E-state index contributed by atoms with van der Waals surface area (Å²) in [5, 5.41) is 13.7. The number of carboxylic acids is 1. The third kappa shape index (κ3) is 4.20. The van der Waals surface area contributed by atoms with Crippen LogP contribution in [-0.4, -0.2) is 49.3 Å². The molecule has 0 aliphatic carbocycles. The molecule has 0 spiro atoms. The fourth-order valence-electron chi connectivity index (χ4n) is 1.20. The quantitative estimate of drug-likeness (QED) is 0.520. The molecule has 3 N–H and O–H groups in total. The number of carbonyl (C=O) groups is 2. The van der Waals surface area contributed by atoms with Crippen LogP contribution in [0.2, 0.25) is 0 Å². The molecule has 1 aliphatic heterocycles. The van der Waals surface area contributed by atoms with E-state index in [1.807, 2.05) is 0 Å². The number of hydrogen-bond acceptors (Lipinski definition) is 4. The number of rotatable bonds is 4. The van der Waals surface area contributed by atoms with Crippen molar-refractivity contribution >= 4 is 11.9 Å². The van der Waals surface area contributed by atoms with E-state index in [2.05, 4.69) is 10.6 Å². The van der Waals surface area contributed by atoms with Gasteiger partial charge in [0, 0.05) is 13.1 Å². The molecule has 6 nitrogen and oxygen atoms in total. The number of carbonyl (C=O) groups excluding carboxylic acids is 1. The zero-order chi connectivity index (χ0) is 10.4. The molecule has 1 amide bonds. The largest absolute Gasteiger partial charge is 0.480 e. The first-order chi connectivity index (χ1) is 6.68. The van der Waals surface area contributed by atoms with Gasteiger partial charge in [-0.05, 0) is 0 Å². The monoisotopic (exact) mass is 202 g/mol. The van der Waals surface area contributed by atoms with Gasteiger partial charge in [0.05, 0.1) is 19.1 Å². The molecule has 6 heteroatoms. The maximum atomic E-state index is 11.1. The second kappa shape index (κ2) is 5.56. The molecule has 1 heterocycles. The lowest BCUT2D eigenvalue weighted by atomic mass is 10.2. The lowest BCUT2D eigenvalue weighted by Gasteiger charge is -2.22. The molecule has 1 saturated heterocycles. The number of aliphatic carboxylic acids is 1. The van der Waals surface area contributed by atoms with Crippen LogP contribution in [0.3, 0.4) is 0 Å². The Hall–Kier alpha value is -1.14. The van der Waals surface area contributed by atoms with Crippen LogP contribution < -0.4 is 10.6 Å². The summed E-state index contributed by atoms with van der Waals surface area (Å²) >= 11 is 0. The molecule has 0 bridgehead atoms. The molecule has 1 unspecified atom stereocenters. The summed E-state index contributed by atoms with van der Waals surface area (Å²) in [5.41, 5.74) is 0. The van der Waals surface area contributed by atoms with E-state index in [0.29, 0.717) is 13.2 Å². The molecular formula is C8H14N2O4. The van der Waals surface area contributed by atoms with E-state index in [-0.39, 0.29) is 25.0 Å². The number of amides is 1. The van der Waals surface area contributed by atoms with Crippen LogP contribution in [0.1, 0.15) is 6.42 Å². The van der Waals surface area contributed by atoms with Gasteiger partial charge in [0.15, 0.2) is 0 Å². The van der Waals surface area contributed by atoms with Crippen LogP contribution in [0.25, 0.3) is 0 Å². The van der Waals surface area contributed by atoms with Gasteiger partial charge in [0.2, 0.25) is 5.91 Å². The van der Waals surface area contributed by atoms with E-state index in [1.54, 1.807) is 0 Å². The highest BCUT2D eigenvalue weighted by atomic mass is 16.5. The van der Waals surface area contributed by atoms with Crippen molar-refractivity contribution in [2.75, 3.05) is 26.2 Å². The maximum Gasteiger partial charge on any atom is 0.322 e. The third-order valence-corrected chi connectivity index (χ3v) is 1.85. The van der Waals surface area contributed by atoms with E-state index in [1.165, 1.54) is 0 Å². The van der Waals surface area contributed by atoms with Gasteiger partial charge in [-0.25, -0.2) is 0 Å². The molecule has 0 aromatic rings. The molecule has 0 aromatic heterocycles. The molecule has 1 rings (SSSR count). The second-order valence-electron chi connectivity index (χ2n) is 3.07. The summed E-state index contributed by atoms with van der Waals surface area (Å²) in [4.78, 5) is 21.3. The maximum absolute atomic E-state index is 11.1. The highest BCUT2D eigenvalue weighted by molar-refractivity contribution is 5.81. The fraction of sp³-hybridized carbons (Fsp3) is 0.750. The van der Waals surface area contributed by atoms with Gasteiger partial charge in [0.1, 0.15) is 6.54 Å². The Kier molecular flexibility index (Phi) is 4.34. The molecule has 0 aromatic carbocycles. The normalized spacial score (nSPS) is 21.6. The van der Waals surface area contributed by atoms with Crippen LogP contribution in [0.15, 0.2) is 0 Å². The van der Waals surface area contributed by atoms with Crippen molar-refractivity contribution in [2.24, 2.45) is 0 Å². The van der Waals surface area contributed by atoms with Gasteiger partial charge in [-0.15, -0.1) is 0 Å². The second-order valence-corrected chi connectivity index (χ2v) is 3.07. The van der Waals surface area contributed by atoms with E-state index in [4.69, 9.17) is 9.84 Å². The van der Waals surface area contributed by atoms with E-state index >= 15 is 0 Å². The summed E-state index contributed by atoms with van der Waals surface area (Å²) < 4.78 is 5.28. The zero-order valence-corrected chi connectivity index (χ0v) is 7.78. The molecular weight excluding hydrogens is 188 g/mol. The molecule has 1 atom stereocenters. The Bertz CT molecular complexity index is 213. The van der Waals surface area contributed by atoms with Crippen molar-refractivity contribution in [2.45, 2.75) is 12.5 Å². The molecule has 1 fully saturated rings. The summed E-state index contributed by atoms with van der Waals surface area (Å²) in [6.07, 6.45) is 0.0674. The fourth-order valence-corrected chi connectivity index (χ4v) is 1.20. The number of hydrogen-bond donors (Lipinski definition) is 3. The van der Waals surface area contributed by atoms with Crippen molar-refractivity contribution in [1.82, 2.24) is 10.6 Å². The minimum absolute atomic E-state index is 0.141. The van der Waals surface area contributed by atoms with Crippen molar-refractivity contribution < 1.29 is 19.4 Å². The Morgan fingerprint density at radius 1 is 1.57 bits per heavy atom. The highest BCUT2D eigenvalue weighted by Gasteiger charge is 2.17. The first-order valence-corrected chi connectivity index (χ1v) is 4.49. The molecule has 0 radical (unpaired) electrons. The average Bonchev–Trinajstić information content (AvgIpc) is 2.16. The first kappa shape index (κ1) is 10.9. The number of nitrogens with one attached hydrogen (secondary N) is 2. The zero-order valence-electron chi connectivity index (χ0n) is 7.78. The number of carboxylic acid groups (broad SMARTS) is 1. The van der Waals surface area contributed by atoms with Crippen molar-refractivity contribution in [3.63, 3.8) is 0 Å². The van der Waals surface area contributed by atoms with Gasteiger partial charge in [-0.3, -0.25) is 9.59 Å². The van der Waals surface area contributed by atoms with Crippen LogP contribution in [0, 0.1) is 0 Å². The van der Waals surface area contributed by atoms with Gasteiger partial charge in [-0.2, -0.15) is 0 Å². The first-order valence-electron chi connectivity index (χ1n) is 4.49. The van der Waals surface area contributed by atoms with Gasteiger partial charge >= 0.3 is 5.97 Å². The van der Waals surface area contributed by atoms with Crippen LogP contribution in [-0.2, 0) is 14.3 Å². The van der Waals surface area contributed by atoms with Crippen LogP contribution in [0.5, 0.6) is 0 Å². The summed E-state index contributed by atoms with van der Waals surface area (Å²) in [7, 11) is 0. The van der Waals surface area contributed by atoms with E-state index in [9.17, 15) is 9.59 Å². The van der Waals surface area contributed by atoms with E-state index in [0.717, 1.165) is 6.54 Å². The Balaban J connectivity index is 2.15. The minimum atomic E-state index is -1.04. The van der Waals surface area contributed by atoms with Crippen molar-refractivity contribution in [3.8, 4) is 0 Å². The lowest BCUT2D eigenvalue weighted by molar-refractivity contribution is -0.138. The Labute approximate surface area is 81.6 Å². The van der Waals surface area contributed by atoms with Crippen LogP contribution in [0.4, 0.5) is 0 Å². The summed E-state index contributed by atoms with van der Waals surface area (Å²) in [5.74, 6) is -1.33. The standard InChI is InChI=1S/C8H14N2O4/c11-7(10-5-8(12)13)3-6-4-9-1-2-14-6/h6,9H,1-5H2,(H,10,11)(H,12,13). The number of ether oxygens (including phenoxy) is 1. The lowest BCUT2D eigenvalue weighted by Crippen LogP contribution is -2.42.